The van der Waals surface area contributed by atoms with Crippen LogP contribution in [0, 0.1) is 13.8 Å². The third-order valence-electron chi connectivity index (χ3n) is 5.27. The van der Waals surface area contributed by atoms with Gasteiger partial charge in [0.25, 0.3) is 0 Å². The van der Waals surface area contributed by atoms with E-state index < -0.39 is 9.84 Å². The van der Waals surface area contributed by atoms with Crippen molar-refractivity contribution in [1.82, 2.24) is 0 Å². The zero-order chi connectivity index (χ0) is 22.9. The van der Waals surface area contributed by atoms with E-state index in [1.165, 1.54) is 17.7 Å². The first kappa shape index (κ1) is 23.6. The molecule has 0 amide bonds. The third kappa shape index (κ3) is 5.43. The standard InChI is InChI=1S/C25H26Cl2O3S/c1-15(2)19-7-5-6-18(10-19)11-20-9-16(3)8-17(4)25(20)31(29,30)14-21-12-22(26)13-23(27)24(21)28/h5-10,12-13,15,28H,11,14H2,1-4H3. The van der Waals surface area contributed by atoms with Gasteiger partial charge >= 0.3 is 0 Å². The van der Waals surface area contributed by atoms with Gasteiger partial charge in [0.05, 0.1) is 15.7 Å². The Morgan fingerprint density at radius 3 is 2.35 bits per heavy atom. The average molecular weight is 477 g/mol. The second-order valence-corrected chi connectivity index (χ2v) is 11.1. The summed E-state index contributed by atoms with van der Waals surface area (Å²) >= 11 is 12.0. The Bertz CT molecular complexity index is 1230. The fourth-order valence-electron chi connectivity index (χ4n) is 3.91. The highest BCUT2D eigenvalue weighted by Crippen LogP contribution is 2.35. The van der Waals surface area contributed by atoms with Crippen LogP contribution in [0.4, 0.5) is 0 Å². The molecular formula is C25H26Cl2O3S. The van der Waals surface area contributed by atoms with Gasteiger partial charge in [0, 0.05) is 10.6 Å². The Morgan fingerprint density at radius 1 is 0.968 bits per heavy atom. The van der Waals surface area contributed by atoms with E-state index in [-0.39, 0.29) is 27.1 Å². The number of benzene rings is 3. The SMILES string of the molecule is Cc1cc(C)c(S(=O)(=O)Cc2cc(Cl)cc(Cl)c2O)c(Cc2cccc(C(C)C)c2)c1. The predicted octanol–water partition coefficient (Wildman–Crippen LogP) is 7.00. The smallest absolute Gasteiger partial charge is 0.183 e. The summed E-state index contributed by atoms with van der Waals surface area (Å²) in [4.78, 5) is 0.295. The lowest BCUT2D eigenvalue weighted by Gasteiger charge is -2.17. The van der Waals surface area contributed by atoms with Gasteiger partial charge in [-0.15, -0.1) is 0 Å². The lowest BCUT2D eigenvalue weighted by molar-refractivity contribution is 0.470. The average Bonchev–Trinajstić information content (AvgIpc) is 2.64. The molecule has 3 aromatic rings. The zero-order valence-electron chi connectivity index (χ0n) is 18.0. The van der Waals surface area contributed by atoms with Crippen LogP contribution in [0.25, 0.3) is 0 Å². The summed E-state index contributed by atoms with van der Waals surface area (Å²) in [5.74, 6) is -0.259. The maximum absolute atomic E-state index is 13.5. The maximum atomic E-state index is 13.5. The van der Waals surface area contributed by atoms with Crippen molar-refractivity contribution in [3.8, 4) is 5.75 Å². The van der Waals surface area contributed by atoms with Crippen LogP contribution in [0.1, 0.15) is 53.1 Å². The highest BCUT2D eigenvalue weighted by atomic mass is 35.5. The molecule has 0 heterocycles. The van der Waals surface area contributed by atoms with E-state index in [9.17, 15) is 13.5 Å². The molecular weight excluding hydrogens is 451 g/mol. The molecule has 3 rings (SSSR count). The summed E-state index contributed by atoms with van der Waals surface area (Å²) in [5.41, 5.74) is 4.88. The van der Waals surface area contributed by atoms with Crippen LogP contribution >= 0.6 is 23.2 Å². The minimum atomic E-state index is -3.77. The lowest BCUT2D eigenvalue weighted by Crippen LogP contribution is -2.11. The minimum absolute atomic E-state index is 0.0315. The Balaban J connectivity index is 2.08. The van der Waals surface area contributed by atoms with Gasteiger partial charge in [-0.1, -0.05) is 79.0 Å². The second kappa shape index (κ2) is 9.23. The van der Waals surface area contributed by atoms with Crippen molar-refractivity contribution in [2.45, 2.75) is 50.7 Å². The summed E-state index contributed by atoms with van der Waals surface area (Å²) in [6.07, 6.45) is 0.500. The highest BCUT2D eigenvalue weighted by molar-refractivity contribution is 7.90. The first-order valence-electron chi connectivity index (χ1n) is 10.1. The molecule has 0 aliphatic heterocycles. The van der Waals surface area contributed by atoms with Gasteiger partial charge in [0.15, 0.2) is 9.84 Å². The van der Waals surface area contributed by atoms with E-state index in [1.807, 2.05) is 31.2 Å². The van der Waals surface area contributed by atoms with Crippen LogP contribution in [0.2, 0.25) is 10.0 Å². The zero-order valence-corrected chi connectivity index (χ0v) is 20.4. The molecule has 0 bridgehead atoms. The predicted molar refractivity (Wildman–Crippen MR) is 128 cm³/mol. The van der Waals surface area contributed by atoms with E-state index in [2.05, 4.69) is 26.0 Å². The molecule has 0 aromatic heterocycles. The Kier molecular flexibility index (Phi) is 7.04. The number of aromatic hydroxyl groups is 1. The van der Waals surface area contributed by atoms with Crippen LogP contribution in [0.5, 0.6) is 5.75 Å². The van der Waals surface area contributed by atoms with Crippen molar-refractivity contribution < 1.29 is 13.5 Å². The summed E-state index contributed by atoms with van der Waals surface area (Å²) in [6, 6.07) is 14.9. The number of phenolic OH excluding ortho intramolecular Hbond substituents is 1. The minimum Gasteiger partial charge on any atom is -0.506 e. The molecule has 6 heteroatoms. The number of hydrogen-bond acceptors (Lipinski definition) is 3. The quantitative estimate of drug-likeness (QED) is 0.416. The fourth-order valence-corrected chi connectivity index (χ4v) is 6.30. The lowest BCUT2D eigenvalue weighted by atomic mass is 9.96. The van der Waals surface area contributed by atoms with Crippen molar-refractivity contribution in [2.24, 2.45) is 0 Å². The van der Waals surface area contributed by atoms with Crippen LogP contribution in [-0.2, 0) is 22.0 Å². The first-order chi connectivity index (χ1) is 14.5. The fraction of sp³-hybridized carbons (Fsp3) is 0.280. The van der Waals surface area contributed by atoms with Gasteiger partial charge in [0.2, 0.25) is 0 Å². The number of halogens is 2. The Hall–Kier alpha value is -2.01. The molecule has 0 radical (unpaired) electrons. The van der Waals surface area contributed by atoms with E-state index in [0.29, 0.717) is 22.8 Å². The third-order valence-corrected chi connectivity index (χ3v) is 7.68. The molecule has 0 spiro atoms. The molecule has 3 nitrogen and oxygen atoms in total. The number of aryl methyl sites for hydroxylation is 2. The van der Waals surface area contributed by atoms with Crippen molar-refractivity contribution in [3.63, 3.8) is 0 Å². The van der Waals surface area contributed by atoms with Crippen LogP contribution in [-0.4, -0.2) is 13.5 Å². The Morgan fingerprint density at radius 2 is 1.68 bits per heavy atom. The van der Waals surface area contributed by atoms with Gasteiger partial charge in [-0.25, -0.2) is 8.42 Å². The van der Waals surface area contributed by atoms with E-state index in [1.54, 1.807) is 6.92 Å². The van der Waals surface area contributed by atoms with Crippen LogP contribution in [0.3, 0.4) is 0 Å². The first-order valence-corrected chi connectivity index (χ1v) is 12.5. The molecule has 0 saturated heterocycles. The second-order valence-electron chi connectivity index (χ2n) is 8.30. The number of rotatable bonds is 6. The van der Waals surface area contributed by atoms with Gasteiger partial charge in [-0.2, -0.15) is 0 Å². The van der Waals surface area contributed by atoms with Gasteiger partial charge in [0.1, 0.15) is 5.75 Å². The normalized spacial score (nSPS) is 11.8. The number of hydrogen-bond donors (Lipinski definition) is 1. The molecule has 3 aromatic carbocycles. The van der Waals surface area contributed by atoms with Gasteiger partial charge in [-0.05, 0) is 60.6 Å². The monoisotopic (exact) mass is 476 g/mol. The van der Waals surface area contributed by atoms with Crippen molar-refractivity contribution in [1.29, 1.82) is 0 Å². The molecule has 1 N–H and O–H groups in total. The molecule has 0 aliphatic carbocycles. The van der Waals surface area contributed by atoms with Gasteiger partial charge < -0.3 is 5.11 Å². The van der Waals surface area contributed by atoms with Crippen LogP contribution < -0.4 is 0 Å². The van der Waals surface area contributed by atoms with E-state index in [0.717, 1.165) is 16.7 Å². The molecule has 31 heavy (non-hydrogen) atoms. The Labute approximate surface area is 194 Å². The number of sulfone groups is 1. The summed E-state index contributed by atoms with van der Waals surface area (Å²) in [5, 5.41) is 10.6. The van der Waals surface area contributed by atoms with Crippen LogP contribution in [0.15, 0.2) is 53.4 Å². The molecule has 0 aliphatic rings. The largest absolute Gasteiger partial charge is 0.506 e. The maximum Gasteiger partial charge on any atom is 0.183 e. The van der Waals surface area contributed by atoms with E-state index in [4.69, 9.17) is 23.2 Å². The van der Waals surface area contributed by atoms with Crippen molar-refractivity contribution >= 4 is 33.0 Å². The molecule has 0 unspecified atom stereocenters. The molecule has 0 fully saturated rings. The molecule has 0 atom stereocenters. The highest BCUT2D eigenvalue weighted by Gasteiger charge is 2.25. The topological polar surface area (TPSA) is 54.4 Å². The molecule has 164 valence electrons. The number of phenols is 1. The van der Waals surface area contributed by atoms with E-state index >= 15 is 0 Å². The summed E-state index contributed by atoms with van der Waals surface area (Å²) in [6.45, 7) is 8.03. The van der Waals surface area contributed by atoms with Gasteiger partial charge in [-0.3, -0.25) is 0 Å². The molecule has 0 saturated carbocycles. The van der Waals surface area contributed by atoms with Crippen molar-refractivity contribution in [3.05, 3.63) is 92.0 Å². The summed E-state index contributed by atoms with van der Waals surface area (Å²) in [7, 11) is -3.77. The van der Waals surface area contributed by atoms with Crippen molar-refractivity contribution in [2.75, 3.05) is 0 Å². The summed E-state index contributed by atoms with van der Waals surface area (Å²) < 4.78 is 27.0.